The topological polar surface area (TPSA) is 70.3 Å². The van der Waals surface area contributed by atoms with Crippen LogP contribution in [-0.2, 0) is 9.53 Å². The molecule has 2 aromatic rings. The smallest absolute Gasteiger partial charge is 0.363 e. The summed E-state index contributed by atoms with van der Waals surface area (Å²) in [6.07, 6.45) is 4.02. The van der Waals surface area contributed by atoms with Gasteiger partial charge in [-0.15, -0.1) is 0 Å². The number of rotatable bonds is 6. The highest BCUT2D eigenvalue weighted by Gasteiger charge is 2.25. The highest BCUT2D eigenvalue weighted by Crippen LogP contribution is 2.30. The van der Waals surface area contributed by atoms with Crippen molar-refractivity contribution >= 4 is 17.9 Å². The summed E-state index contributed by atoms with van der Waals surface area (Å²) in [7, 11) is 1.58. The maximum atomic E-state index is 12.0. The predicted molar refractivity (Wildman–Crippen MR) is 88.1 cm³/mol. The lowest BCUT2D eigenvalue weighted by atomic mass is 10.1. The minimum absolute atomic E-state index is 0.159. The summed E-state index contributed by atoms with van der Waals surface area (Å²) in [6.45, 7) is 2.61. The highest BCUT2D eigenvalue weighted by molar-refractivity contribution is 6.11. The Hall–Kier alpha value is -3.02. The van der Waals surface area contributed by atoms with E-state index in [1.165, 1.54) is 6.26 Å². The van der Waals surface area contributed by atoms with Gasteiger partial charge in [0.2, 0.25) is 0 Å². The average molecular weight is 327 g/mol. The third-order valence-electron chi connectivity index (χ3n) is 3.31. The quantitative estimate of drug-likeness (QED) is 0.600. The predicted octanol–water partition coefficient (Wildman–Crippen LogP) is 3.42. The van der Waals surface area contributed by atoms with Crippen molar-refractivity contribution in [3.63, 3.8) is 0 Å². The van der Waals surface area contributed by atoms with Gasteiger partial charge in [-0.25, -0.2) is 9.79 Å². The Labute approximate surface area is 139 Å². The van der Waals surface area contributed by atoms with E-state index in [0.717, 1.165) is 12.0 Å². The number of nitrogens with zero attached hydrogens (tertiary/aromatic N) is 1. The number of methoxy groups -OCH3 is 1. The molecule has 0 saturated carbocycles. The Kier molecular flexibility index (Phi) is 4.65. The molecule has 124 valence electrons. The van der Waals surface area contributed by atoms with Crippen LogP contribution in [0.1, 0.15) is 24.7 Å². The third kappa shape index (κ3) is 3.32. The Bertz CT molecular complexity index is 790. The van der Waals surface area contributed by atoms with E-state index in [1.807, 2.05) is 13.0 Å². The van der Waals surface area contributed by atoms with E-state index >= 15 is 0 Å². The zero-order valence-corrected chi connectivity index (χ0v) is 13.4. The molecule has 0 radical (unpaired) electrons. The fourth-order valence-electron chi connectivity index (χ4n) is 2.18. The van der Waals surface area contributed by atoms with Gasteiger partial charge in [0.1, 0.15) is 0 Å². The van der Waals surface area contributed by atoms with Gasteiger partial charge in [0.15, 0.2) is 23.0 Å². The lowest BCUT2D eigenvalue weighted by Gasteiger charge is -2.10. The molecule has 2 heterocycles. The molecule has 6 nitrogen and oxygen atoms in total. The third-order valence-corrected chi connectivity index (χ3v) is 3.31. The van der Waals surface area contributed by atoms with Gasteiger partial charge < -0.3 is 18.6 Å². The first kappa shape index (κ1) is 15.9. The summed E-state index contributed by atoms with van der Waals surface area (Å²) in [6, 6.07) is 8.79. The molecule has 3 rings (SSSR count). The first-order valence-electron chi connectivity index (χ1n) is 7.58. The van der Waals surface area contributed by atoms with Crippen LogP contribution in [0.25, 0.3) is 6.08 Å². The van der Waals surface area contributed by atoms with Crippen molar-refractivity contribution in [3.05, 3.63) is 53.6 Å². The lowest BCUT2D eigenvalue weighted by molar-refractivity contribution is -0.130. The molecule has 0 amide bonds. The average Bonchev–Trinajstić information content (AvgIpc) is 3.23. The zero-order valence-electron chi connectivity index (χ0n) is 13.4. The largest absolute Gasteiger partial charge is 0.493 e. The van der Waals surface area contributed by atoms with Crippen LogP contribution in [0.15, 0.2) is 51.7 Å². The van der Waals surface area contributed by atoms with Gasteiger partial charge in [-0.1, -0.05) is 13.0 Å². The molecule has 6 heteroatoms. The fourth-order valence-corrected chi connectivity index (χ4v) is 2.18. The highest BCUT2D eigenvalue weighted by atomic mass is 16.6. The molecule has 0 aliphatic carbocycles. The molecule has 0 atom stereocenters. The Morgan fingerprint density at radius 3 is 2.83 bits per heavy atom. The van der Waals surface area contributed by atoms with Crippen LogP contribution in [0.5, 0.6) is 11.5 Å². The molecule has 0 bridgehead atoms. The first-order chi connectivity index (χ1) is 11.7. The summed E-state index contributed by atoms with van der Waals surface area (Å²) in [5.41, 5.74) is 0.964. The van der Waals surface area contributed by atoms with Crippen molar-refractivity contribution in [3.8, 4) is 11.5 Å². The van der Waals surface area contributed by atoms with Gasteiger partial charge in [0, 0.05) is 0 Å². The van der Waals surface area contributed by atoms with E-state index in [9.17, 15) is 4.79 Å². The molecule has 1 aromatic carbocycles. The number of aliphatic imine (C=N–C) groups is 1. The number of esters is 1. The van der Waals surface area contributed by atoms with E-state index in [1.54, 1.807) is 37.5 Å². The van der Waals surface area contributed by atoms with Gasteiger partial charge in [-0.05, 0) is 42.3 Å². The van der Waals surface area contributed by atoms with Crippen molar-refractivity contribution in [2.45, 2.75) is 13.3 Å². The molecule has 0 saturated heterocycles. The molecule has 24 heavy (non-hydrogen) atoms. The van der Waals surface area contributed by atoms with Gasteiger partial charge in [-0.3, -0.25) is 0 Å². The van der Waals surface area contributed by atoms with Crippen LogP contribution >= 0.6 is 0 Å². The monoisotopic (exact) mass is 327 g/mol. The van der Waals surface area contributed by atoms with E-state index < -0.39 is 5.97 Å². The van der Waals surface area contributed by atoms with Crippen LogP contribution < -0.4 is 9.47 Å². The van der Waals surface area contributed by atoms with Crippen LogP contribution in [0.3, 0.4) is 0 Å². The standard InChI is InChI=1S/C18H17NO5/c1-3-8-22-16-11-12(6-7-14(16)21-2)10-13-18(20)24-17(19-13)15-5-4-9-23-15/h4-7,9-11H,3,8H2,1-2H3. The maximum Gasteiger partial charge on any atom is 0.363 e. The minimum atomic E-state index is -0.520. The Balaban J connectivity index is 1.89. The second-order valence-electron chi connectivity index (χ2n) is 5.07. The molecule has 0 spiro atoms. The van der Waals surface area contributed by atoms with E-state index in [-0.39, 0.29) is 11.6 Å². The second kappa shape index (κ2) is 7.04. The summed E-state index contributed by atoms with van der Waals surface area (Å²) >= 11 is 0. The summed E-state index contributed by atoms with van der Waals surface area (Å²) in [5, 5.41) is 0. The number of benzene rings is 1. The second-order valence-corrected chi connectivity index (χ2v) is 5.07. The number of ether oxygens (including phenoxy) is 3. The number of cyclic esters (lactones) is 1. The number of carbonyl (C=O) groups is 1. The molecule has 1 aliphatic heterocycles. The maximum absolute atomic E-state index is 12.0. The summed E-state index contributed by atoms with van der Waals surface area (Å²) < 4.78 is 21.3. The van der Waals surface area contributed by atoms with Crippen molar-refractivity contribution in [2.24, 2.45) is 4.99 Å². The molecule has 1 aliphatic rings. The van der Waals surface area contributed by atoms with Crippen molar-refractivity contribution in [2.75, 3.05) is 13.7 Å². The normalized spacial score (nSPS) is 15.3. The molecular weight excluding hydrogens is 310 g/mol. The van der Waals surface area contributed by atoms with Crippen LogP contribution in [0.4, 0.5) is 0 Å². The number of hydrogen-bond donors (Lipinski definition) is 0. The number of furan rings is 1. The van der Waals surface area contributed by atoms with Crippen LogP contribution in [0, 0.1) is 0 Å². The lowest BCUT2D eigenvalue weighted by Crippen LogP contribution is -2.04. The fraction of sp³-hybridized carbons (Fsp3) is 0.222. The van der Waals surface area contributed by atoms with E-state index in [4.69, 9.17) is 18.6 Å². The summed E-state index contributed by atoms with van der Waals surface area (Å²) in [4.78, 5) is 16.1. The zero-order chi connectivity index (χ0) is 16.9. The molecule has 0 fully saturated rings. The van der Waals surface area contributed by atoms with E-state index in [0.29, 0.717) is 23.9 Å². The van der Waals surface area contributed by atoms with Crippen molar-refractivity contribution in [1.82, 2.24) is 0 Å². The Morgan fingerprint density at radius 1 is 1.25 bits per heavy atom. The minimum Gasteiger partial charge on any atom is -0.493 e. The number of hydrogen-bond acceptors (Lipinski definition) is 6. The van der Waals surface area contributed by atoms with Gasteiger partial charge in [-0.2, -0.15) is 0 Å². The Morgan fingerprint density at radius 2 is 2.12 bits per heavy atom. The van der Waals surface area contributed by atoms with Crippen LogP contribution in [-0.4, -0.2) is 25.6 Å². The molecular formula is C18H17NO5. The van der Waals surface area contributed by atoms with Crippen LogP contribution in [0.2, 0.25) is 0 Å². The van der Waals surface area contributed by atoms with Gasteiger partial charge in [0.05, 0.1) is 20.0 Å². The van der Waals surface area contributed by atoms with Crippen molar-refractivity contribution in [1.29, 1.82) is 0 Å². The molecule has 0 unspecified atom stereocenters. The first-order valence-corrected chi connectivity index (χ1v) is 7.58. The SMILES string of the molecule is CCCOc1cc(C=C2N=C(c3ccco3)OC2=O)ccc1OC. The number of carbonyl (C=O) groups excluding carboxylic acids is 1. The van der Waals surface area contributed by atoms with Gasteiger partial charge >= 0.3 is 5.97 Å². The molecule has 1 aromatic heterocycles. The summed E-state index contributed by atoms with van der Waals surface area (Å²) in [5.74, 6) is 1.31. The van der Waals surface area contributed by atoms with E-state index in [2.05, 4.69) is 4.99 Å². The molecule has 0 N–H and O–H groups in total. The van der Waals surface area contributed by atoms with Crippen molar-refractivity contribution < 1.29 is 23.4 Å². The van der Waals surface area contributed by atoms with Gasteiger partial charge in [0.25, 0.3) is 5.90 Å².